The summed E-state index contributed by atoms with van der Waals surface area (Å²) < 4.78 is 119. The number of nitrogens with zero attached hydrogens (tertiary/aromatic N) is 3. The van der Waals surface area contributed by atoms with Crippen LogP contribution in [-0.2, 0) is 38.5 Å². The van der Waals surface area contributed by atoms with Crippen molar-refractivity contribution in [2.45, 2.75) is 93.5 Å². The van der Waals surface area contributed by atoms with Crippen LogP contribution in [0.4, 0.5) is 37.7 Å². The Morgan fingerprint density at radius 2 is 1.41 bits per heavy atom. The van der Waals surface area contributed by atoms with E-state index in [4.69, 9.17) is 17.6 Å². The molecular formula is C38H36F6N4O4SSi. The van der Waals surface area contributed by atoms with Crippen LogP contribution in [0.3, 0.4) is 0 Å². The van der Waals surface area contributed by atoms with Crippen molar-refractivity contribution in [2.24, 2.45) is 0 Å². The molecule has 8 nitrogen and oxygen atoms in total. The van der Waals surface area contributed by atoms with Crippen LogP contribution >= 0.6 is 0 Å². The molecule has 0 amide bonds. The van der Waals surface area contributed by atoms with Crippen molar-refractivity contribution in [1.29, 1.82) is 0 Å². The molecule has 2 aliphatic carbocycles. The number of benzene rings is 3. The van der Waals surface area contributed by atoms with Crippen LogP contribution < -0.4 is 0 Å². The van der Waals surface area contributed by atoms with Gasteiger partial charge < -0.3 is 14.5 Å². The Morgan fingerprint density at radius 3 is 1.98 bits per heavy atom. The van der Waals surface area contributed by atoms with Crippen LogP contribution in [0.2, 0.25) is 19.6 Å². The zero-order valence-electron chi connectivity index (χ0n) is 29.7. The molecule has 16 heteroatoms. The molecule has 2 aliphatic rings. The maximum absolute atomic E-state index is 14.9. The summed E-state index contributed by atoms with van der Waals surface area (Å²) in [5.74, 6) is 0. The van der Waals surface area contributed by atoms with E-state index in [1.54, 1.807) is 56.9 Å². The molecule has 3 aromatic carbocycles. The van der Waals surface area contributed by atoms with Gasteiger partial charge in [-0.15, -0.1) is 0 Å². The smallest absolute Gasteiger partial charge is 0.399 e. The Balaban J connectivity index is 0.000000210. The fraction of sp³-hybridized carbons (Fsp3) is 0.368. The molecule has 2 aromatic heterocycles. The van der Waals surface area contributed by atoms with Gasteiger partial charge in [-0.3, -0.25) is 0 Å². The van der Waals surface area contributed by atoms with Gasteiger partial charge in [0.15, 0.2) is 25.3 Å². The first-order valence-electron chi connectivity index (χ1n) is 17.0. The molecule has 0 aliphatic heterocycles. The molecule has 2 unspecified atom stereocenters. The number of fused-ring (bicyclic) bond motifs is 6. The summed E-state index contributed by atoms with van der Waals surface area (Å²) in [5, 5.41) is 11.0. The van der Waals surface area contributed by atoms with Gasteiger partial charge in [-0.25, -0.2) is 22.1 Å². The third kappa shape index (κ3) is 6.49. The van der Waals surface area contributed by atoms with E-state index in [9.17, 15) is 39.9 Å². The lowest BCUT2D eigenvalue weighted by Gasteiger charge is -2.43. The number of aromatic nitrogens is 2. The van der Waals surface area contributed by atoms with Gasteiger partial charge in [0.05, 0.1) is 34.9 Å². The van der Waals surface area contributed by atoms with Crippen molar-refractivity contribution in [3.8, 4) is 0 Å². The Hall–Kier alpha value is -4.61. The molecule has 0 saturated carbocycles. The summed E-state index contributed by atoms with van der Waals surface area (Å²) in [5.41, 5.74) is -3.33. The summed E-state index contributed by atoms with van der Waals surface area (Å²) >= 11 is 0. The minimum absolute atomic E-state index is 0.110. The largest absolute Gasteiger partial charge is 0.422 e. The normalized spacial score (nSPS) is 20.4. The van der Waals surface area contributed by atoms with Crippen molar-refractivity contribution in [3.63, 3.8) is 0 Å². The lowest BCUT2D eigenvalue weighted by molar-refractivity contribution is -0.272. The Kier molecular flexibility index (Phi) is 9.63. The van der Waals surface area contributed by atoms with Crippen LogP contribution in [0.1, 0.15) is 53.8 Å². The first kappa shape index (κ1) is 39.1. The number of hydrogen-bond acceptors (Lipinski definition) is 4. The lowest BCUT2D eigenvalue weighted by atomic mass is 9.82. The number of aromatic amines is 1. The Labute approximate surface area is 309 Å². The topological polar surface area (TPSA) is 93.0 Å². The summed E-state index contributed by atoms with van der Waals surface area (Å²) in [7, 11) is -7.22. The lowest BCUT2D eigenvalue weighted by Crippen LogP contribution is -2.53. The molecule has 2 N–H and O–H groups in total. The van der Waals surface area contributed by atoms with E-state index in [0.717, 1.165) is 9.54 Å². The van der Waals surface area contributed by atoms with Crippen LogP contribution in [0.25, 0.3) is 31.5 Å². The predicted molar refractivity (Wildman–Crippen MR) is 195 cm³/mol. The van der Waals surface area contributed by atoms with E-state index >= 15 is 0 Å². The molecule has 2 atom stereocenters. The number of rotatable bonds is 4. The summed E-state index contributed by atoms with van der Waals surface area (Å²) in [4.78, 5) is 9.27. The van der Waals surface area contributed by atoms with E-state index in [1.165, 1.54) is 30.3 Å². The van der Waals surface area contributed by atoms with Crippen LogP contribution in [0.5, 0.6) is 0 Å². The van der Waals surface area contributed by atoms with Crippen LogP contribution in [-0.4, -0.2) is 43.2 Å². The second kappa shape index (κ2) is 13.3. The standard InChI is InChI=1S/C24H25F3N2O3SSi.C14H11F3N2O/c1-16-8-11-18(12-9-16)33(30,31)29-21-13-10-17(28-2)15-20(21)19-7-6-14-23(22(19)29,24(25,26)27)32-34(3,4)5;1-18-8-4-5-11-10(7-8)9-3-2-6-13(20,12(9)19-11)14(15,16)17/h8-13,15H,6-7,14H2,1,3-5H3;4-5,7,19-20H,2-3,6H2. The zero-order valence-corrected chi connectivity index (χ0v) is 31.5. The molecule has 0 bridgehead atoms. The van der Waals surface area contributed by atoms with Gasteiger partial charge in [0.2, 0.25) is 5.60 Å². The average molecular weight is 787 g/mol. The third-order valence-electron chi connectivity index (χ3n) is 9.84. The van der Waals surface area contributed by atoms with Gasteiger partial charge >= 0.3 is 12.4 Å². The first-order chi connectivity index (χ1) is 25.1. The summed E-state index contributed by atoms with van der Waals surface area (Å²) in [6.07, 6.45) is -9.10. The van der Waals surface area contributed by atoms with Crippen molar-refractivity contribution in [3.05, 3.63) is 112 Å². The highest BCUT2D eigenvalue weighted by atomic mass is 32.2. The number of aliphatic hydroxyl groups is 1. The van der Waals surface area contributed by atoms with Crippen molar-refractivity contribution >= 4 is 51.5 Å². The van der Waals surface area contributed by atoms with Gasteiger partial charge in [-0.2, -0.15) is 26.3 Å². The molecule has 0 radical (unpaired) electrons. The number of alkyl halides is 6. The third-order valence-corrected chi connectivity index (χ3v) is 12.5. The minimum Gasteiger partial charge on any atom is -0.399 e. The SMILES string of the molecule is [C-]#[N+]c1ccc2[nH]c3c(c2c1)CCCC3(O)C(F)(F)F.[C-]#[N+]c1ccc2c(c1)c1c(n2S(=O)(=O)c2ccc(C)cc2)C(O[Si](C)(C)C)(C(F)(F)F)CCC1. The average Bonchev–Trinajstić information content (AvgIpc) is 3.64. The van der Waals surface area contributed by atoms with E-state index in [1.807, 2.05) is 0 Å². The van der Waals surface area contributed by atoms with Gasteiger partial charge in [0.25, 0.3) is 10.0 Å². The fourth-order valence-electron chi connectivity index (χ4n) is 7.54. The predicted octanol–water partition coefficient (Wildman–Crippen LogP) is 10.5. The Bertz CT molecular complexity index is 2470. The van der Waals surface area contributed by atoms with Crippen molar-refractivity contribution in [2.75, 3.05) is 0 Å². The van der Waals surface area contributed by atoms with Gasteiger partial charge in [-0.1, -0.05) is 29.8 Å². The number of halogens is 6. The van der Waals surface area contributed by atoms with Crippen molar-refractivity contribution < 1.29 is 44.3 Å². The van der Waals surface area contributed by atoms with Gasteiger partial charge in [-0.05, 0) is 123 Å². The summed E-state index contributed by atoms with van der Waals surface area (Å²) in [6.45, 7) is 21.1. The Morgan fingerprint density at radius 1 is 0.833 bits per heavy atom. The summed E-state index contributed by atoms with van der Waals surface area (Å²) in [6, 6.07) is 15.0. The van der Waals surface area contributed by atoms with E-state index < -0.39 is 41.9 Å². The number of aryl methyl sites for hydroxylation is 3. The van der Waals surface area contributed by atoms with Gasteiger partial charge in [0, 0.05) is 5.52 Å². The highest BCUT2D eigenvalue weighted by Crippen LogP contribution is 2.54. The van der Waals surface area contributed by atoms with Crippen molar-refractivity contribution in [1.82, 2.24) is 8.96 Å². The van der Waals surface area contributed by atoms with E-state index in [-0.39, 0.29) is 65.2 Å². The van der Waals surface area contributed by atoms with E-state index in [2.05, 4.69) is 14.7 Å². The highest BCUT2D eigenvalue weighted by molar-refractivity contribution is 7.90. The maximum atomic E-state index is 14.9. The molecule has 0 saturated heterocycles. The molecular weight excluding hydrogens is 751 g/mol. The minimum atomic E-state index is -4.85. The quantitative estimate of drug-likeness (QED) is 0.108. The highest BCUT2D eigenvalue weighted by Gasteiger charge is 2.63. The number of hydrogen-bond donors (Lipinski definition) is 2. The maximum Gasteiger partial charge on any atom is 0.422 e. The number of nitrogens with one attached hydrogen (secondary N) is 1. The van der Waals surface area contributed by atoms with Crippen LogP contribution in [0, 0.1) is 20.1 Å². The molecule has 5 aromatic rings. The second-order valence-electron chi connectivity index (χ2n) is 14.6. The molecule has 284 valence electrons. The fourth-order valence-corrected chi connectivity index (χ4v) is 10.5. The monoisotopic (exact) mass is 786 g/mol. The first-order valence-corrected chi connectivity index (χ1v) is 21.9. The molecule has 2 heterocycles. The molecule has 0 fully saturated rings. The molecule has 0 spiro atoms. The number of H-pyrrole nitrogens is 1. The van der Waals surface area contributed by atoms with Gasteiger partial charge in [0.1, 0.15) is 0 Å². The zero-order chi connectivity index (χ0) is 39.6. The van der Waals surface area contributed by atoms with E-state index in [0.29, 0.717) is 34.0 Å². The van der Waals surface area contributed by atoms with Crippen LogP contribution in [0.15, 0.2) is 65.6 Å². The molecule has 7 rings (SSSR count). The second-order valence-corrected chi connectivity index (χ2v) is 20.9. The molecule has 54 heavy (non-hydrogen) atoms.